The molecule has 0 bridgehead atoms. The highest BCUT2D eigenvalue weighted by Gasteiger charge is 2.24. The number of pyridine rings is 1. The first-order valence-electron chi connectivity index (χ1n) is 4.60. The maximum absolute atomic E-state index is 11.0. The van der Waals surface area contributed by atoms with Gasteiger partial charge in [-0.1, -0.05) is 0 Å². The van der Waals surface area contributed by atoms with Crippen LogP contribution < -0.4 is 10.5 Å². The number of ether oxygens (including phenoxy) is 1. The summed E-state index contributed by atoms with van der Waals surface area (Å²) in [5.74, 6) is 0.208. The number of hydrogen-bond donors (Lipinski definition) is 1. The van der Waals surface area contributed by atoms with Gasteiger partial charge in [-0.25, -0.2) is 0 Å². The molecule has 1 aromatic rings. The third kappa shape index (κ3) is 1.69. The molecule has 1 heterocycles. The zero-order valence-electron chi connectivity index (χ0n) is 7.99. The number of nitrogens with zero attached hydrogens (tertiary/aromatic N) is 1. The molecule has 2 rings (SSSR count). The number of nitrogens with two attached hydrogens (primary N) is 1. The van der Waals surface area contributed by atoms with Gasteiger partial charge < -0.3 is 10.5 Å². The minimum absolute atomic E-state index is 0.295. The largest absolute Gasteiger partial charge is 0.490 e. The van der Waals surface area contributed by atoms with Crippen LogP contribution in [-0.4, -0.2) is 17.0 Å². The maximum Gasteiger partial charge on any atom is 0.267 e. The fourth-order valence-electron chi connectivity index (χ4n) is 1.26. The third-order valence-electron chi connectivity index (χ3n) is 2.21. The van der Waals surface area contributed by atoms with Crippen molar-refractivity contribution in [3.63, 3.8) is 0 Å². The van der Waals surface area contributed by atoms with Gasteiger partial charge in [0.1, 0.15) is 11.4 Å². The maximum atomic E-state index is 11.0. The lowest BCUT2D eigenvalue weighted by atomic mass is 10.2. The molecule has 4 nitrogen and oxygen atoms in total. The lowest BCUT2D eigenvalue weighted by Gasteiger charge is -2.09. The summed E-state index contributed by atoms with van der Waals surface area (Å²) >= 11 is 0. The topological polar surface area (TPSA) is 65.2 Å². The minimum Gasteiger partial charge on any atom is -0.490 e. The molecule has 1 aliphatic carbocycles. The summed E-state index contributed by atoms with van der Waals surface area (Å²) in [5, 5.41) is 0. The molecule has 0 aliphatic heterocycles. The smallest absolute Gasteiger partial charge is 0.267 e. The summed E-state index contributed by atoms with van der Waals surface area (Å²) in [5.41, 5.74) is 6.20. The Morgan fingerprint density at radius 1 is 1.64 bits per heavy atom. The average Bonchev–Trinajstić information content (AvgIpc) is 2.92. The molecule has 1 aromatic heterocycles. The van der Waals surface area contributed by atoms with Crippen LogP contribution in [-0.2, 0) is 0 Å². The van der Waals surface area contributed by atoms with Crippen molar-refractivity contribution >= 4 is 5.91 Å². The van der Waals surface area contributed by atoms with Crippen LogP contribution in [0.15, 0.2) is 12.3 Å². The van der Waals surface area contributed by atoms with Crippen molar-refractivity contribution in [3.8, 4) is 5.75 Å². The second kappa shape index (κ2) is 3.29. The first kappa shape index (κ1) is 8.99. The predicted molar refractivity (Wildman–Crippen MR) is 51.1 cm³/mol. The fourth-order valence-corrected chi connectivity index (χ4v) is 1.26. The third-order valence-corrected chi connectivity index (χ3v) is 2.21. The number of carbonyl (C=O) groups excluding carboxylic acids is 1. The van der Waals surface area contributed by atoms with Gasteiger partial charge in [-0.05, 0) is 25.8 Å². The summed E-state index contributed by atoms with van der Waals surface area (Å²) in [6, 6.07) is 1.76. The SMILES string of the molecule is Cc1c(OC2CC2)ccnc1C(N)=O. The van der Waals surface area contributed by atoms with E-state index in [1.54, 1.807) is 19.2 Å². The molecular weight excluding hydrogens is 180 g/mol. The van der Waals surface area contributed by atoms with Crippen LogP contribution in [0.3, 0.4) is 0 Å². The lowest BCUT2D eigenvalue weighted by Crippen LogP contribution is -2.15. The van der Waals surface area contributed by atoms with E-state index in [1.807, 2.05) is 0 Å². The first-order chi connectivity index (χ1) is 6.68. The molecule has 14 heavy (non-hydrogen) atoms. The standard InChI is InChI=1S/C10H12N2O2/c1-6-8(14-7-2-3-7)4-5-12-9(6)10(11)13/h4-5,7H,2-3H2,1H3,(H2,11,13). The molecule has 1 fully saturated rings. The fraction of sp³-hybridized carbons (Fsp3) is 0.400. The Labute approximate surface area is 82.1 Å². The van der Waals surface area contributed by atoms with Crippen LogP contribution in [0.5, 0.6) is 5.75 Å². The van der Waals surface area contributed by atoms with Crippen LogP contribution in [0.2, 0.25) is 0 Å². The van der Waals surface area contributed by atoms with E-state index < -0.39 is 5.91 Å². The molecule has 0 spiro atoms. The van der Waals surface area contributed by atoms with E-state index in [-0.39, 0.29) is 0 Å². The normalized spacial score (nSPS) is 15.2. The predicted octanol–water partition coefficient (Wildman–Crippen LogP) is 1.03. The summed E-state index contributed by atoms with van der Waals surface area (Å²) < 4.78 is 5.60. The Morgan fingerprint density at radius 3 is 2.93 bits per heavy atom. The highest BCUT2D eigenvalue weighted by molar-refractivity contribution is 5.92. The zero-order chi connectivity index (χ0) is 10.1. The molecule has 4 heteroatoms. The van der Waals surface area contributed by atoms with Gasteiger partial charge in [0.2, 0.25) is 0 Å². The molecule has 0 unspecified atom stereocenters. The molecule has 0 radical (unpaired) electrons. The van der Waals surface area contributed by atoms with Crippen molar-refractivity contribution in [2.45, 2.75) is 25.9 Å². The first-order valence-corrected chi connectivity index (χ1v) is 4.60. The average molecular weight is 192 g/mol. The van der Waals surface area contributed by atoms with Crippen LogP contribution in [0, 0.1) is 6.92 Å². The molecule has 1 aliphatic rings. The van der Waals surface area contributed by atoms with Crippen LogP contribution in [0.4, 0.5) is 0 Å². The Bertz CT molecular complexity index is 372. The zero-order valence-corrected chi connectivity index (χ0v) is 7.99. The van der Waals surface area contributed by atoms with Crippen LogP contribution in [0.1, 0.15) is 28.9 Å². The minimum atomic E-state index is -0.510. The van der Waals surface area contributed by atoms with Gasteiger partial charge in [0, 0.05) is 11.8 Å². The van der Waals surface area contributed by atoms with Crippen molar-refractivity contribution in [2.75, 3.05) is 0 Å². The molecule has 2 N–H and O–H groups in total. The Morgan fingerprint density at radius 2 is 2.36 bits per heavy atom. The van der Waals surface area contributed by atoms with E-state index in [0.29, 0.717) is 11.8 Å². The van der Waals surface area contributed by atoms with Gasteiger partial charge in [0.05, 0.1) is 6.10 Å². The molecule has 0 atom stereocenters. The summed E-state index contributed by atoms with van der Waals surface area (Å²) in [6.45, 7) is 1.80. The number of rotatable bonds is 3. The number of primary amides is 1. The molecule has 74 valence electrons. The van der Waals surface area contributed by atoms with Crippen molar-refractivity contribution in [1.82, 2.24) is 4.98 Å². The Kier molecular flexibility index (Phi) is 2.11. The van der Waals surface area contributed by atoms with E-state index in [0.717, 1.165) is 24.2 Å². The summed E-state index contributed by atoms with van der Waals surface area (Å²) in [6.07, 6.45) is 4.04. The lowest BCUT2D eigenvalue weighted by molar-refractivity contribution is 0.0994. The van der Waals surface area contributed by atoms with E-state index in [2.05, 4.69) is 4.98 Å². The second-order valence-electron chi connectivity index (χ2n) is 3.46. The van der Waals surface area contributed by atoms with Crippen molar-refractivity contribution in [3.05, 3.63) is 23.5 Å². The Balaban J connectivity index is 2.30. The molecule has 1 saturated carbocycles. The van der Waals surface area contributed by atoms with E-state index >= 15 is 0 Å². The highest BCUT2D eigenvalue weighted by atomic mass is 16.5. The summed E-state index contributed by atoms with van der Waals surface area (Å²) in [7, 11) is 0. The van der Waals surface area contributed by atoms with E-state index in [4.69, 9.17) is 10.5 Å². The van der Waals surface area contributed by atoms with E-state index in [1.165, 1.54) is 0 Å². The van der Waals surface area contributed by atoms with Gasteiger partial charge >= 0.3 is 0 Å². The quantitative estimate of drug-likeness (QED) is 0.777. The van der Waals surface area contributed by atoms with E-state index in [9.17, 15) is 4.79 Å². The highest BCUT2D eigenvalue weighted by Crippen LogP contribution is 2.29. The van der Waals surface area contributed by atoms with Gasteiger partial charge in [-0.3, -0.25) is 9.78 Å². The van der Waals surface area contributed by atoms with Gasteiger partial charge in [0.15, 0.2) is 0 Å². The summed E-state index contributed by atoms with van der Waals surface area (Å²) in [4.78, 5) is 14.9. The van der Waals surface area contributed by atoms with Crippen LogP contribution in [0.25, 0.3) is 0 Å². The molecule has 0 saturated heterocycles. The van der Waals surface area contributed by atoms with Crippen molar-refractivity contribution in [1.29, 1.82) is 0 Å². The Hall–Kier alpha value is -1.58. The van der Waals surface area contributed by atoms with Crippen LogP contribution >= 0.6 is 0 Å². The van der Waals surface area contributed by atoms with Gasteiger partial charge in [-0.2, -0.15) is 0 Å². The van der Waals surface area contributed by atoms with Gasteiger partial charge in [-0.15, -0.1) is 0 Å². The second-order valence-corrected chi connectivity index (χ2v) is 3.46. The number of aromatic nitrogens is 1. The molecule has 0 aromatic carbocycles. The molecule has 1 amide bonds. The van der Waals surface area contributed by atoms with Crippen molar-refractivity contribution < 1.29 is 9.53 Å². The van der Waals surface area contributed by atoms with Gasteiger partial charge in [0.25, 0.3) is 5.91 Å². The number of amides is 1. The monoisotopic (exact) mass is 192 g/mol. The number of carbonyl (C=O) groups is 1. The van der Waals surface area contributed by atoms with Crippen molar-refractivity contribution in [2.24, 2.45) is 5.73 Å². The molecular formula is C10H12N2O2. The number of hydrogen-bond acceptors (Lipinski definition) is 3.